The highest BCUT2D eigenvalue weighted by Gasteiger charge is 2.18. The van der Waals surface area contributed by atoms with Crippen LogP contribution in [0.1, 0.15) is 35.1 Å². The molecule has 0 aliphatic carbocycles. The van der Waals surface area contributed by atoms with Gasteiger partial charge in [-0.15, -0.1) is 0 Å². The molecule has 0 atom stereocenters. The number of nitrogens with one attached hydrogen (secondary N) is 2. The zero-order chi connectivity index (χ0) is 24.1. The van der Waals surface area contributed by atoms with Crippen LogP contribution >= 0.6 is 23.2 Å². The largest absolute Gasteiger partial charge is 0.489 e. The van der Waals surface area contributed by atoms with Gasteiger partial charge in [-0.3, -0.25) is 10.4 Å². The van der Waals surface area contributed by atoms with Gasteiger partial charge in [-0.05, 0) is 37.1 Å². The zero-order valence-corrected chi connectivity index (χ0v) is 19.7. The van der Waals surface area contributed by atoms with E-state index in [0.29, 0.717) is 62.8 Å². The summed E-state index contributed by atoms with van der Waals surface area (Å²) < 4.78 is 11.2. The van der Waals surface area contributed by atoms with E-state index in [1.54, 1.807) is 30.5 Å². The molecule has 3 aromatic rings. The summed E-state index contributed by atoms with van der Waals surface area (Å²) >= 11 is 12.3. The van der Waals surface area contributed by atoms with Crippen molar-refractivity contribution in [1.29, 1.82) is 10.7 Å². The first-order valence-electron chi connectivity index (χ1n) is 10.6. The Labute approximate surface area is 207 Å². The van der Waals surface area contributed by atoms with Crippen LogP contribution in [0, 0.1) is 16.7 Å². The number of rotatable bonds is 7. The number of pyridine rings is 2. The van der Waals surface area contributed by atoms with Crippen molar-refractivity contribution in [2.75, 3.05) is 24.3 Å². The number of hydrogen-bond donors (Lipinski definition) is 3. The lowest BCUT2D eigenvalue weighted by molar-refractivity contribution is 0.0904. The van der Waals surface area contributed by atoms with Crippen molar-refractivity contribution in [1.82, 2.24) is 9.97 Å². The van der Waals surface area contributed by atoms with Crippen molar-refractivity contribution in [2.24, 2.45) is 0 Å². The van der Waals surface area contributed by atoms with Gasteiger partial charge in [-0.25, -0.2) is 4.98 Å². The molecule has 0 bridgehead atoms. The SMILES string of the molecule is N#Cc1cc(C(=N)c2cc(OCc3c(Cl)cncc3Cl)ccc2N)cnc1NC1CCOCC1. The van der Waals surface area contributed by atoms with E-state index in [4.69, 9.17) is 43.8 Å². The number of nitrogens with zero attached hydrogens (tertiary/aromatic N) is 3. The van der Waals surface area contributed by atoms with Crippen molar-refractivity contribution < 1.29 is 9.47 Å². The third-order valence-electron chi connectivity index (χ3n) is 5.49. The average molecular weight is 497 g/mol. The van der Waals surface area contributed by atoms with Crippen molar-refractivity contribution in [3.8, 4) is 11.8 Å². The normalized spacial score (nSPS) is 13.8. The van der Waals surface area contributed by atoms with Gasteiger partial charge in [0.2, 0.25) is 0 Å². The molecule has 1 aliphatic heterocycles. The maximum Gasteiger partial charge on any atom is 0.144 e. The minimum atomic E-state index is 0.129. The monoisotopic (exact) mass is 496 g/mol. The fourth-order valence-electron chi connectivity index (χ4n) is 3.57. The second-order valence-corrected chi connectivity index (χ2v) is 8.57. The van der Waals surface area contributed by atoms with Gasteiger partial charge in [-0.2, -0.15) is 5.26 Å². The van der Waals surface area contributed by atoms with E-state index in [1.807, 2.05) is 0 Å². The van der Waals surface area contributed by atoms with Crippen molar-refractivity contribution in [3.63, 3.8) is 0 Å². The first-order chi connectivity index (χ1) is 16.5. The molecule has 8 nitrogen and oxygen atoms in total. The standard InChI is InChI=1S/C24H22Cl2N6O2/c25-20-11-30-12-21(26)19(20)13-34-17-1-2-22(28)18(8-17)23(29)15-7-14(9-27)24(31-10-15)32-16-3-5-33-6-4-16/h1-2,7-8,10-12,16,29H,3-6,13,28H2,(H,31,32). The molecule has 1 aliphatic rings. The Kier molecular flexibility index (Phi) is 7.48. The molecule has 2 aromatic heterocycles. The maximum absolute atomic E-state index is 9.65. The first kappa shape index (κ1) is 23.8. The summed E-state index contributed by atoms with van der Waals surface area (Å²) in [4.78, 5) is 8.35. The summed E-state index contributed by atoms with van der Waals surface area (Å²) in [5.74, 6) is 0.992. The Balaban J connectivity index is 1.53. The molecule has 0 radical (unpaired) electrons. The Morgan fingerprint density at radius 3 is 2.65 bits per heavy atom. The van der Waals surface area contributed by atoms with Crippen LogP contribution in [-0.4, -0.2) is 34.9 Å². The highest BCUT2D eigenvalue weighted by molar-refractivity contribution is 6.35. The Hall–Kier alpha value is -3.38. The maximum atomic E-state index is 9.65. The zero-order valence-electron chi connectivity index (χ0n) is 18.1. The van der Waals surface area contributed by atoms with E-state index in [-0.39, 0.29) is 18.4 Å². The van der Waals surface area contributed by atoms with Crippen LogP contribution in [0.15, 0.2) is 42.9 Å². The first-order valence-corrected chi connectivity index (χ1v) is 11.4. The third-order valence-corrected chi connectivity index (χ3v) is 6.14. The van der Waals surface area contributed by atoms with E-state index >= 15 is 0 Å². The number of halogens is 2. The fraction of sp³-hybridized carbons (Fsp3) is 0.250. The molecular weight excluding hydrogens is 475 g/mol. The minimum absolute atomic E-state index is 0.129. The number of anilines is 2. The van der Waals surface area contributed by atoms with Crippen LogP contribution in [-0.2, 0) is 11.3 Å². The van der Waals surface area contributed by atoms with Crippen LogP contribution < -0.4 is 15.8 Å². The Morgan fingerprint density at radius 1 is 1.21 bits per heavy atom. The molecule has 1 aromatic carbocycles. The van der Waals surface area contributed by atoms with Crippen LogP contribution in [0.25, 0.3) is 0 Å². The molecule has 0 spiro atoms. The smallest absolute Gasteiger partial charge is 0.144 e. The Bertz CT molecular complexity index is 1230. The summed E-state index contributed by atoms with van der Waals surface area (Å²) in [5.41, 5.74) is 8.59. The molecule has 1 fully saturated rings. The van der Waals surface area contributed by atoms with E-state index < -0.39 is 0 Å². The molecule has 1 saturated heterocycles. The molecule has 3 heterocycles. The molecule has 0 unspecified atom stereocenters. The lowest BCUT2D eigenvalue weighted by Crippen LogP contribution is -2.28. The summed E-state index contributed by atoms with van der Waals surface area (Å²) in [6, 6.07) is 9.04. The molecule has 34 heavy (non-hydrogen) atoms. The number of nitriles is 1. The fourth-order valence-corrected chi connectivity index (χ4v) is 4.04. The number of ether oxygens (including phenoxy) is 2. The lowest BCUT2D eigenvalue weighted by Gasteiger charge is -2.24. The van der Waals surface area contributed by atoms with Gasteiger partial charge >= 0.3 is 0 Å². The van der Waals surface area contributed by atoms with Crippen LogP contribution in [0.4, 0.5) is 11.5 Å². The number of nitrogen functional groups attached to an aromatic ring is 1. The number of nitrogens with two attached hydrogens (primary N) is 1. The molecule has 4 N–H and O–H groups in total. The predicted molar refractivity (Wildman–Crippen MR) is 132 cm³/mol. The third kappa shape index (κ3) is 5.39. The van der Waals surface area contributed by atoms with Gasteiger partial charge in [0, 0.05) is 60.2 Å². The summed E-state index contributed by atoms with van der Waals surface area (Å²) in [6.07, 6.45) is 6.26. The van der Waals surface area contributed by atoms with Crippen LogP contribution in [0.3, 0.4) is 0 Å². The predicted octanol–water partition coefficient (Wildman–Crippen LogP) is 4.82. The quantitative estimate of drug-likeness (QED) is 0.315. The highest BCUT2D eigenvalue weighted by Crippen LogP contribution is 2.28. The van der Waals surface area contributed by atoms with Gasteiger partial charge in [-0.1, -0.05) is 23.2 Å². The summed E-state index contributed by atoms with van der Waals surface area (Å²) in [5, 5.41) is 22.5. The molecular formula is C24H22Cl2N6O2. The van der Waals surface area contributed by atoms with Gasteiger partial charge in [0.1, 0.15) is 24.2 Å². The summed E-state index contributed by atoms with van der Waals surface area (Å²) in [6.45, 7) is 1.49. The minimum Gasteiger partial charge on any atom is -0.489 e. The van der Waals surface area contributed by atoms with Crippen molar-refractivity contribution in [3.05, 3.63) is 75.2 Å². The molecule has 0 saturated carbocycles. The van der Waals surface area contributed by atoms with Gasteiger partial charge < -0.3 is 20.5 Å². The second kappa shape index (κ2) is 10.7. The van der Waals surface area contributed by atoms with E-state index in [1.165, 1.54) is 12.4 Å². The van der Waals surface area contributed by atoms with Gasteiger partial charge in [0.15, 0.2) is 0 Å². The van der Waals surface area contributed by atoms with E-state index in [9.17, 15) is 5.26 Å². The Morgan fingerprint density at radius 2 is 1.94 bits per heavy atom. The number of benzene rings is 1. The second-order valence-electron chi connectivity index (χ2n) is 7.76. The number of hydrogen-bond acceptors (Lipinski definition) is 8. The van der Waals surface area contributed by atoms with E-state index in [2.05, 4.69) is 21.4 Å². The molecule has 174 valence electrons. The van der Waals surface area contributed by atoms with Crippen LogP contribution in [0.5, 0.6) is 5.75 Å². The number of aromatic nitrogens is 2. The molecule has 10 heteroatoms. The van der Waals surface area contributed by atoms with Gasteiger partial charge in [0.25, 0.3) is 0 Å². The molecule has 0 amide bonds. The lowest BCUT2D eigenvalue weighted by atomic mass is 10.0. The van der Waals surface area contributed by atoms with E-state index in [0.717, 1.165) is 12.8 Å². The highest BCUT2D eigenvalue weighted by atomic mass is 35.5. The molecule has 4 rings (SSSR count). The van der Waals surface area contributed by atoms with Crippen molar-refractivity contribution >= 4 is 40.4 Å². The van der Waals surface area contributed by atoms with Crippen molar-refractivity contribution in [2.45, 2.75) is 25.5 Å². The summed E-state index contributed by atoms with van der Waals surface area (Å²) in [7, 11) is 0. The van der Waals surface area contributed by atoms with Crippen LogP contribution in [0.2, 0.25) is 10.0 Å². The topological polar surface area (TPSA) is 130 Å². The average Bonchev–Trinajstić information content (AvgIpc) is 2.85. The van der Waals surface area contributed by atoms with Gasteiger partial charge in [0.05, 0.1) is 21.3 Å².